The molecule has 1 amide bonds. The standard InChI is InChI=1S/C28H27N7O4.C11H13N5O2.C10H11N5O2.C10H10N2O2/c36-27(30-23(28(37)38)14-17-5-4-6-18(13-17)25-31-33-34-32-25)19-9-10-24-22(15-19)29-26(20-11-12-39-16-20)35(24)21-7-2-1-3-8-21;1-18-11(17)9(12)6-7-3-2-4-8(5-7)10-13-15-16-14-10;11-8(10(16)17)5-6-2-1-3-7(4-6)9-12-14-15-13-9;11-6-8-3-1-2-7(4-8)5-9(12)10(13)14/h4-6,9-13,15-16,21,23H,1-3,7-8,14H2,(H,30,36)(H,37,38)(H,31,32,33,34);2-5,9H,6,12H2,1H3,(H,13,14,15,16);1-4,8H,5,11H2,(H,16,17)(H,12,13,14,15);1-4,9H,5,12H2,(H,13,14)/t23-;9-;8-;9-/m0000/s1. The summed E-state index contributed by atoms with van der Waals surface area (Å²) in [5.41, 5.74) is 25.4. The van der Waals surface area contributed by atoms with Crippen molar-refractivity contribution in [3.63, 3.8) is 0 Å². The molecule has 1 fully saturated rings. The molecule has 1 aliphatic carbocycles. The van der Waals surface area contributed by atoms with Gasteiger partial charge < -0.3 is 51.6 Å². The van der Waals surface area contributed by atoms with Gasteiger partial charge in [0.25, 0.3) is 5.91 Å². The largest absolute Gasteiger partial charge is 0.480 e. The molecule has 1 aliphatic rings. The zero-order chi connectivity index (χ0) is 62.5. The summed E-state index contributed by atoms with van der Waals surface area (Å²) in [6, 6.07) is 34.6. The number of carboxylic acid groups (broad SMARTS) is 3. The highest BCUT2D eigenvalue weighted by Crippen LogP contribution is 2.36. The van der Waals surface area contributed by atoms with Crippen LogP contribution in [0.1, 0.15) is 76.3 Å². The van der Waals surface area contributed by atoms with E-state index in [4.69, 9.17) is 42.1 Å². The molecule has 0 aliphatic heterocycles. The van der Waals surface area contributed by atoms with E-state index in [-0.39, 0.29) is 19.3 Å². The molecule has 5 heterocycles. The van der Waals surface area contributed by atoms with Crippen molar-refractivity contribution in [2.75, 3.05) is 7.11 Å². The molecule has 29 heteroatoms. The topological polar surface area (TPSA) is 463 Å². The van der Waals surface area contributed by atoms with Crippen LogP contribution < -0.4 is 22.5 Å². The Morgan fingerprint density at radius 1 is 0.636 bits per heavy atom. The maximum Gasteiger partial charge on any atom is 0.326 e. The summed E-state index contributed by atoms with van der Waals surface area (Å²) in [5.74, 6) is -1.90. The average molecular weight is 1200 g/mol. The molecule has 0 bridgehead atoms. The van der Waals surface area contributed by atoms with E-state index >= 15 is 0 Å². The van der Waals surface area contributed by atoms with Gasteiger partial charge in [0.2, 0.25) is 17.5 Å². The highest BCUT2D eigenvalue weighted by Gasteiger charge is 2.26. The Bertz CT molecular complexity index is 3960. The van der Waals surface area contributed by atoms with E-state index in [0.717, 1.165) is 63.1 Å². The van der Waals surface area contributed by atoms with Crippen LogP contribution in [0.4, 0.5) is 0 Å². The minimum absolute atomic E-state index is 0.0932. The summed E-state index contributed by atoms with van der Waals surface area (Å²) in [6.45, 7) is 0. The summed E-state index contributed by atoms with van der Waals surface area (Å²) in [6.07, 6.45) is 10.0. The van der Waals surface area contributed by atoms with Crippen molar-refractivity contribution in [1.29, 1.82) is 5.26 Å². The lowest BCUT2D eigenvalue weighted by Gasteiger charge is -2.25. The molecule has 0 saturated heterocycles. The van der Waals surface area contributed by atoms with Gasteiger partial charge in [-0.05, 0) is 125 Å². The van der Waals surface area contributed by atoms with Gasteiger partial charge in [0, 0.05) is 34.7 Å². The molecule has 5 aromatic heterocycles. The third kappa shape index (κ3) is 17.2. The highest BCUT2D eigenvalue weighted by molar-refractivity contribution is 5.99. The fourth-order valence-corrected chi connectivity index (χ4v) is 9.52. The van der Waals surface area contributed by atoms with Gasteiger partial charge in [-0.3, -0.25) is 19.2 Å². The Kier molecular flexibility index (Phi) is 21.8. The Labute approximate surface area is 500 Å². The maximum absolute atomic E-state index is 13.2. The van der Waals surface area contributed by atoms with Crippen LogP contribution in [0.3, 0.4) is 0 Å². The maximum atomic E-state index is 13.2. The van der Waals surface area contributed by atoms with Gasteiger partial charge >= 0.3 is 23.9 Å². The van der Waals surface area contributed by atoms with E-state index in [1.165, 1.54) is 26.4 Å². The number of aromatic amines is 3. The van der Waals surface area contributed by atoms with Crippen molar-refractivity contribution >= 4 is 40.8 Å². The number of aliphatic carboxylic acids is 3. The third-order valence-electron chi connectivity index (χ3n) is 13.9. The number of esters is 1. The van der Waals surface area contributed by atoms with E-state index in [1.807, 2.05) is 60.7 Å². The number of methoxy groups -OCH3 is 1. The molecule has 4 atom stereocenters. The molecule has 1 saturated carbocycles. The van der Waals surface area contributed by atoms with E-state index in [1.54, 1.807) is 79.3 Å². The number of rotatable bonds is 19. The first-order valence-corrected chi connectivity index (χ1v) is 27.4. The number of carbonyl (C=O) groups excluding carboxylic acids is 2. The fourth-order valence-electron chi connectivity index (χ4n) is 9.52. The first-order chi connectivity index (χ1) is 42.6. The predicted octanol–water partition coefficient (Wildman–Crippen LogP) is 4.65. The Hall–Kier alpha value is -11.2. The number of hydrogen-bond donors (Lipinski definition) is 10. The number of nitrogens with two attached hydrogens (primary N) is 3. The molecule has 452 valence electrons. The summed E-state index contributed by atoms with van der Waals surface area (Å²) in [7, 11) is 1.32. The quantitative estimate of drug-likeness (QED) is 0.0492. The number of nitrogens with zero attached hydrogens (tertiary/aromatic N) is 12. The SMILES string of the molecule is COC(=O)[C@@H](N)Cc1cccc(-c2nn[nH]n2)c1.N#Cc1cccc(C[C@H](N)C(=O)O)c1.N[C@@H](Cc1cccc(-c2nn[nH]n2)c1)C(=O)O.O=C(N[C@@H](Cc1cccc(-c2nn[nH]n2)c1)C(=O)O)c1ccc2c(c1)nc(-c1ccoc1)n2C1CCCCC1. The van der Waals surface area contributed by atoms with Crippen LogP contribution >= 0.6 is 0 Å². The number of furan rings is 1. The molecule has 10 aromatic rings. The zero-order valence-corrected chi connectivity index (χ0v) is 47.3. The highest BCUT2D eigenvalue weighted by atomic mass is 16.5. The molecule has 13 N–H and O–H groups in total. The van der Waals surface area contributed by atoms with Crippen LogP contribution in [-0.2, 0) is 49.6 Å². The average Bonchev–Trinajstić information content (AvgIpc) is 2.23. The fraction of sp³-hybridized carbons (Fsp3) is 0.254. The van der Waals surface area contributed by atoms with Gasteiger partial charge in [0.15, 0.2) is 0 Å². The minimum Gasteiger partial charge on any atom is -0.480 e. The number of nitrogens with one attached hydrogen (secondary N) is 4. The second-order valence-corrected chi connectivity index (χ2v) is 20.1. The van der Waals surface area contributed by atoms with Crippen molar-refractivity contribution in [2.24, 2.45) is 17.2 Å². The van der Waals surface area contributed by atoms with Crippen molar-refractivity contribution in [2.45, 2.75) is 88.0 Å². The van der Waals surface area contributed by atoms with Crippen LogP contribution in [0.2, 0.25) is 0 Å². The minimum atomic E-state index is -1.13. The van der Waals surface area contributed by atoms with Crippen molar-refractivity contribution < 1.29 is 48.4 Å². The second-order valence-electron chi connectivity index (χ2n) is 20.1. The number of tetrazole rings is 3. The number of H-pyrrole nitrogens is 3. The van der Waals surface area contributed by atoms with Gasteiger partial charge in [0.1, 0.15) is 36.3 Å². The molecule has 11 rings (SSSR count). The van der Waals surface area contributed by atoms with Crippen molar-refractivity contribution in [3.05, 3.63) is 167 Å². The molecular formula is C59H61N19O10. The van der Waals surface area contributed by atoms with Crippen molar-refractivity contribution in [3.8, 4) is 51.6 Å². The molecule has 29 nitrogen and oxygen atoms in total. The van der Waals surface area contributed by atoms with Crippen LogP contribution in [0.25, 0.3) is 56.6 Å². The van der Waals surface area contributed by atoms with E-state index < -0.39 is 54.0 Å². The lowest BCUT2D eigenvalue weighted by molar-refractivity contribution is -0.142. The number of nitriles is 1. The number of benzene rings is 5. The third-order valence-corrected chi connectivity index (χ3v) is 13.9. The number of imidazole rings is 1. The summed E-state index contributed by atoms with van der Waals surface area (Å²) in [5, 5.41) is 79.5. The first kappa shape index (κ1) is 62.8. The molecular weight excluding hydrogens is 1130 g/mol. The molecule has 5 aromatic carbocycles. The number of carboxylic acids is 3. The molecule has 88 heavy (non-hydrogen) atoms. The monoisotopic (exact) mass is 1200 g/mol. The van der Waals surface area contributed by atoms with Crippen molar-refractivity contribution in [1.82, 2.24) is 76.7 Å². The molecule has 0 radical (unpaired) electrons. The second kappa shape index (κ2) is 30.5. The van der Waals surface area contributed by atoms with Gasteiger partial charge in [-0.1, -0.05) is 86.0 Å². The van der Waals surface area contributed by atoms with Gasteiger partial charge in [-0.25, -0.2) is 9.78 Å². The number of carbonyl (C=O) groups is 5. The van der Waals surface area contributed by atoms with Crippen LogP contribution in [0, 0.1) is 11.3 Å². The Balaban J connectivity index is 0.000000170. The number of aromatic nitrogens is 14. The van der Waals surface area contributed by atoms with Gasteiger partial charge in [0.05, 0.1) is 41.6 Å². The Morgan fingerprint density at radius 2 is 1.14 bits per heavy atom. The van der Waals surface area contributed by atoms with E-state index in [0.29, 0.717) is 52.1 Å². The molecule has 0 unspecified atom stereocenters. The normalized spacial score (nSPS) is 13.3. The zero-order valence-electron chi connectivity index (χ0n) is 47.3. The van der Waals surface area contributed by atoms with Crippen LogP contribution in [0.15, 0.2) is 138 Å². The first-order valence-electron chi connectivity index (χ1n) is 27.4. The van der Waals surface area contributed by atoms with Crippen LogP contribution in [0.5, 0.6) is 0 Å². The predicted molar refractivity (Wildman–Crippen MR) is 314 cm³/mol. The summed E-state index contributed by atoms with van der Waals surface area (Å²) < 4.78 is 12.2. The lowest BCUT2D eigenvalue weighted by Crippen LogP contribution is -2.42. The van der Waals surface area contributed by atoms with E-state index in [2.05, 4.69) is 76.5 Å². The van der Waals surface area contributed by atoms with Crippen LogP contribution in [-0.4, -0.2) is 148 Å². The summed E-state index contributed by atoms with van der Waals surface area (Å²) in [4.78, 5) is 62.5. The Morgan fingerprint density at radius 3 is 1.59 bits per heavy atom. The molecule has 0 spiro atoms. The number of ether oxygens (including phenoxy) is 1. The lowest BCUT2D eigenvalue weighted by atomic mass is 9.95. The summed E-state index contributed by atoms with van der Waals surface area (Å²) >= 11 is 0. The van der Waals surface area contributed by atoms with Gasteiger partial charge in [-0.2, -0.15) is 20.9 Å². The number of fused-ring (bicyclic) bond motifs is 1. The number of hydrogen-bond acceptors (Lipinski definition) is 21. The van der Waals surface area contributed by atoms with E-state index in [9.17, 15) is 29.1 Å². The number of amides is 1. The van der Waals surface area contributed by atoms with Gasteiger partial charge in [-0.15, -0.1) is 30.6 Å². The smallest absolute Gasteiger partial charge is 0.326 e.